The molecule has 2 heterocycles. The number of rotatable bonds is 1. The summed E-state index contributed by atoms with van der Waals surface area (Å²) in [4.78, 5) is 11.9. The molecule has 0 saturated carbocycles. The summed E-state index contributed by atoms with van der Waals surface area (Å²) in [5.41, 5.74) is 6.46. The number of thiocarbonyl (C=S) groups is 1. The molecule has 0 radical (unpaired) electrons. The van der Waals surface area contributed by atoms with Gasteiger partial charge in [-0.05, 0) is 24.3 Å². The first-order chi connectivity index (χ1) is 6.70. The summed E-state index contributed by atoms with van der Waals surface area (Å²) in [6, 6.07) is 8.98. The third-order valence-corrected chi connectivity index (χ3v) is 2.25. The van der Waals surface area contributed by atoms with Crippen LogP contribution in [0.4, 0.5) is 0 Å². The van der Waals surface area contributed by atoms with Crippen LogP contribution in [0.2, 0.25) is 0 Å². The van der Waals surface area contributed by atoms with Crippen LogP contribution in [-0.4, -0.2) is 9.39 Å². The van der Waals surface area contributed by atoms with Gasteiger partial charge in [-0.3, -0.25) is 9.20 Å². The molecule has 0 aromatic carbocycles. The molecule has 0 bridgehead atoms. The monoisotopic (exact) mass is 204 g/mol. The second-order valence-electron chi connectivity index (χ2n) is 2.91. The van der Waals surface area contributed by atoms with Crippen molar-refractivity contribution in [2.75, 3.05) is 0 Å². The van der Waals surface area contributed by atoms with Crippen molar-refractivity contribution in [2.24, 2.45) is 5.73 Å². The van der Waals surface area contributed by atoms with Gasteiger partial charge < -0.3 is 5.73 Å². The van der Waals surface area contributed by atoms with Crippen LogP contribution >= 0.6 is 12.2 Å². The predicted octanol–water partition coefficient (Wildman–Crippen LogP) is 0.934. The summed E-state index contributed by atoms with van der Waals surface area (Å²) in [5.74, 6) is 0. The van der Waals surface area contributed by atoms with Gasteiger partial charge in [0.25, 0.3) is 5.56 Å². The van der Waals surface area contributed by atoms with Gasteiger partial charge in [-0.2, -0.15) is 0 Å². The van der Waals surface area contributed by atoms with Crippen LogP contribution in [0, 0.1) is 0 Å². The molecule has 0 aliphatic heterocycles. The Morgan fingerprint density at radius 1 is 1.29 bits per heavy atom. The number of aromatic nitrogens is 1. The van der Waals surface area contributed by atoms with Crippen molar-refractivity contribution < 1.29 is 0 Å². The molecule has 0 fully saturated rings. The molecule has 14 heavy (non-hydrogen) atoms. The zero-order chi connectivity index (χ0) is 10.1. The number of hydrogen-bond acceptors (Lipinski definition) is 2. The number of nitrogens with two attached hydrogens (primary N) is 1. The second kappa shape index (κ2) is 3.23. The van der Waals surface area contributed by atoms with Gasteiger partial charge in [-0.15, -0.1) is 0 Å². The summed E-state index contributed by atoms with van der Waals surface area (Å²) in [6.45, 7) is 0. The number of fused-ring (bicyclic) bond motifs is 1. The minimum absolute atomic E-state index is 0.133. The maximum absolute atomic E-state index is 11.8. The molecular weight excluding hydrogens is 196 g/mol. The highest BCUT2D eigenvalue weighted by Crippen LogP contribution is 2.01. The highest BCUT2D eigenvalue weighted by Gasteiger charge is 2.04. The molecule has 2 N–H and O–H groups in total. The minimum Gasteiger partial charge on any atom is -0.389 e. The Morgan fingerprint density at radius 2 is 2.07 bits per heavy atom. The molecule has 0 saturated heterocycles. The fourth-order valence-electron chi connectivity index (χ4n) is 1.33. The van der Waals surface area contributed by atoms with Crippen LogP contribution in [0.5, 0.6) is 0 Å². The molecule has 0 unspecified atom stereocenters. The largest absolute Gasteiger partial charge is 0.389 e. The Bertz CT molecular complexity index is 559. The van der Waals surface area contributed by atoms with E-state index in [0.717, 1.165) is 5.52 Å². The lowest BCUT2D eigenvalue weighted by Gasteiger charge is -2.02. The smallest absolute Gasteiger partial charge is 0.265 e. The van der Waals surface area contributed by atoms with Crippen LogP contribution in [-0.2, 0) is 0 Å². The second-order valence-corrected chi connectivity index (χ2v) is 3.35. The maximum atomic E-state index is 11.8. The van der Waals surface area contributed by atoms with Crippen molar-refractivity contribution in [1.29, 1.82) is 0 Å². The van der Waals surface area contributed by atoms with E-state index >= 15 is 0 Å². The summed E-state index contributed by atoms with van der Waals surface area (Å²) in [7, 11) is 0. The third-order valence-electron chi connectivity index (χ3n) is 2.03. The number of pyridine rings is 2. The molecule has 0 amide bonds. The van der Waals surface area contributed by atoms with E-state index in [9.17, 15) is 4.79 Å². The van der Waals surface area contributed by atoms with Gasteiger partial charge in [0.2, 0.25) is 0 Å². The van der Waals surface area contributed by atoms with E-state index in [1.807, 2.05) is 18.2 Å². The standard InChI is InChI=1S/C10H8N2OS/c11-9(14)8-5-4-7-3-1-2-6-12(7)10(8)13/h1-6H,(H2,11,14). The van der Waals surface area contributed by atoms with E-state index in [2.05, 4.69) is 0 Å². The molecular formula is C10H8N2OS. The maximum Gasteiger partial charge on any atom is 0.265 e. The van der Waals surface area contributed by atoms with Crippen molar-refractivity contribution >= 4 is 22.7 Å². The normalized spacial score (nSPS) is 10.3. The summed E-state index contributed by atoms with van der Waals surface area (Å²) >= 11 is 4.78. The third kappa shape index (κ3) is 1.29. The van der Waals surface area contributed by atoms with Gasteiger partial charge in [-0.1, -0.05) is 18.3 Å². The Morgan fingerprint density at radius 3 is 2.79 bits per heavy atom. The lowest BCUT2D eigenvalue weighted by atomic mass is 10.2. The summed E-state index contributed by atoms with van der Waals surface area (Å²) < 4.78 is 1.52. The topological polar surface area (TPSA) is 47.5 Å². The molecule has 0 atom stereocenters. The van der Waals surface area contributed by atoms with Gasteiger partial charge in [0.05, 0.1) is 5.56 Å². The molecule has 0 spiro atoms. The van der Waals surface area contributed by atoms with Crippen LogP contribution in [0.25, 0.3) is 5.52 Å². The van der Waals surface area contributed by atoms with Crippen molar-refractivity contribution in [1.82, 2.24) is 4.40 Å². The molecule has 4 heteroatoms. The van der Waals surface area contributed by atoms with E-state index in [-0.39, 0.29) is 10.5 Å². The molecule has 3 nitrogen and oxygen atoms in total. The van der Waals surface area contributed by atoms with E-state index in [1.165, 1.54) is 4.40 Å². The van der Waals surface area contributed by atoms with Gasteiger partial charge in [0.1, 0.15) is 4.99 Å². The zero-order valence-corrected chi connectivity index (χ0v) is 8.12. The first-order valence-corrected chi connectivity index (χ1v) is 4.51. The van der Waals surface area contributed by atoms with Crippen molar-refractivity contribution in [2.45, 2.75) is 0 Å². The average molecular weight is 204 g/mol. The Labute approximate surface area is 85.8 Å². The quantitative estimate of drug-likeness (QED) is 0.703. The zero-order valence-electron chi connectivity index (χ0n) is 7.31. The van der Waals surface area contributed by atoms with Crippen molar-refractivity contribution in [3.63, 3.8) is 0 Å². The first-order valence-electron chi connectivity index (χ1n) is 4.10. The molecule has 2 rings (SSSR count). The Kier molecular flexibility index (Phi) is 2.05. The molecule has 70 valence electrons. The predicted molar refractivity (Wildman–Crippen MR) is 59.6 cm³/mol. The van der Waals surface area contributed by atoms with E-state index in [0.29, 0.717) is 5.56 Å². The van der Waals surface area contributed by atoms with Crippen LogP contribution in [0.15, 0.2) is 41.3 Å². The molecule has 0 aliphatic carbocycles. The highest BCUT2D eigenvalue weighted by molar-refractivity contribution is 7.80. The fourth-order valence-corrected chi connectivity index (χ4v) is 1.49. The van der Waals surface area contributed by atoms with Crippen molar-refractivity contribution in [3.8, 4) is 0 Å². The number of nitrogens with zero attached hydrogens (tertiary/aromatic N) is 1. The summed E-state index contributed by atoms with van der Waals surface area (Å²) in [6.07, 6.45) is 1.69. The Balaban J connectivity index is 2.89. The molecule has 2 aromatic rings. The lowest BCUT2D eigenvalue weighted by Crippen LogP contribution is -2.25. The lowest BCUT2D eigenvalue weighted by molar-refractivity contribution is 1.09. The van der Waals surface area contributed by atoms with E-state index < -0.39 is 0 Å². The number of hydrogen-bond donors (Lipinski definition) is 1. The minimum atomic E-state index is -0.171. The highest BCUT2D eigenvalue weighted by atomic mass is 32.1. The van der Waals surface area contributed by atoms with E-state index in [1.54, 1.807) is 18.3 Å². The Hall–Kier alpha value is -1.68. The SMILES string of the molecule is NC(=S)c1ccc2ccccn2c1=O. The average Bonchev–Trinajstić information content (AvgIpc) is 2.18. The van der Waals surface area contributed by atoms with Crippen LogP contribution in [0.3, 0.4) is 0 Å². The van der Waals surface area contributed by atoms with Gasteiger partial charge in [-0.25, -0.2) is 0 Å². The van der Waals surface area contributed by atoms with Crippen LogP contribution < -0.4 is 11.3 Å². The van der Waals surface area contributed by atoms with Crippen molar-refractivity contribution in [3.05, 3.63) is 52.4 Å². The molecule has 2 aromatic heterocycles. The van der Waals surface area contributed by atoms with Gasteiger partial charge >= 0.3 is 0 Å². The summed E-state index contributed by atoms with van der Waals surface area (Å²) in [5, 5.41) is 0. The van der Waals surface area contributed by atoms with E-state index in [4.69, 9.17) is 18.0 Å². The molecule has 0 aliphatic rings. The first kappa shape index (κ1) is 8.90. The van der Waals surface area contributed by atoms with Crippen LogP contribution in [0.1, 0.15) is 5.56 Å². The fraction of sp³-hybridized carbons (Fsp3) is 0. The van der Waals surface area contributed by atoms with Gasteiger partial charge in [0, 0.05) is 11.7 Å². The van der Waals surface area contributed by atoms with Gasteiger partial charge in [0.15, 0.2) is 0 Å².